The summed E-state index contributed by atoms with van der Waals surface area (Å²) in [5.74, 6) is 0.337. The summed E-state index contributed by atoms with van der Waals surface area (Å²) in [6, 6.07) is 23.8. The van der Waals surface area contributed by atoms with Crippen LogP contribution in [0.4, 0.5) is 0 Å². The zero-order valence-corrected chi connectivity index (χ0v) is 15.4. The van der Waals surface area contributed by atoms with E-state index in [0.29, 0.717) is 28.8 Å². The number of rotatable bonds is 4. The number of benzene rings is 3. The molecule has 0 aliphatic rings. The number of aryl methyl sites for hydroxylation is 1. The fourth-order valence-corrected chi connectivity index (χ4v) is 3.08. The van der Waals surface area contributed by atoms with Gasteiger partial charge in [0.25, 0.3) is 5.91 Å². The highest BCUT2D eigenvalue weighted by Gasteiger charge is 2.09. The molecule has 1 amide bonds. The van der Waals surface area contributed by atoms with Crippen LogP contribution in [0.5, 0.6) is 0 Å². The summed E-state index contributed by atoms with van der Waals surface area (Å²) >= 11 is 0. The van der Waals surface area contributed by atoms with E-state index < -0.39 is 0 Å². The monoisotopic (exact) mass is 369 g/mol. The van der Waals surface area contributed by atoms with Crippen molar-refractivity contribution in [3.8, 4) is 11.3 Å². The first kappa shape index (κ1) is 17.7. The Kier molecular flexibility index (Phi) is 4.77. The minimum atomic E-state index is -0.147. The second-order valence-electron chi connectivity index (χ2n) is 6.72. The van der Waals surface area contributed by atoms with Gasteiger partial charge in [0.05, 0.1) is 5.39 Å². The fraction of sp³-hybridized carbons (Fsp3) is 0.0833. The third-order valence-electron chi connectivity index (χ3n) is 4.61. The van der Waals surface area contributed by atoms with Crippen molar-refractivity contribution in [3.05, 3.63) is 106 Å². The number of hydrogen-bond acceptors (Lipinski definition) is 3. The van der Waals surface area contributed by atoms with Gasteiger partial charge in [0.1, 0.15) is 11.3 Å². The number of amides is 1. The predicted molar refractivity (Wildman–Crippen MR) is 110 cm³/mol. The van der Waals surface area contributed by atoms with E-state index in [-0.39, 0.29) is 11.3 Å². The van der Waals surface area contributed by atoms with Crippen LogP contribution in [0.25, 0.3) is 22.3 Å². The molecule has 0 atom stereocenters. The van der Waals surface area contributed by atoms with Crippen LogP contribution in [0.1, 0.15) is 21.5 Å². The highest BCUT2D eigenvalue weighted by Crippen LogP contribution is 2.23. The van der Waals surface area contributed by atoms with Crippen molar-refractivity contribution in [1.29, 1.82) is 0 Å². The molecule has 3 aromatic carbocycles. The van der Waals surface area contributed by atoms with Gasteiger partial charge >= 0.3 is 0 Å². The highest BCUT2D eigenvalue weighted by atomic mass is 16.3. The molecule has 0 aliphatic carbocycles. The summed E-state index contributed by atoms with van der Waals surface area (Å²) in [6.45, 7) is 2.41. The largest absolute Gasteiger partial charge is 0.456 e. The lowest BCUT2D eigenvalue weighted by molar-refractivity contribution is 0.0951. The molecule has 1 aromatic heterocycles. The molecule has 138 valence electrons. The van der Waals surface area contributed by atoms with Crippen LogP contribution in [0.15, 0.2) is 88.1 Å². The Morgan fingerprint density at radius 2 is 1.68 bits per heavy atom. The van der Waals surface area contributed by atoms with Crippen molar-refractivity contribution < 1.29 is 9.21 Å². The van der Waals surface area contributed by atoms with Gasteiger partial charge in [-0.15, -0.1) is 0 Å². The third kappa shape index (κ3) is 3.71. The molecule has 0 saturated heterocycles. The molecule has 28 heavy (non-hydrogen) atoms. The lowest BCUT2D eigenvalue weighted by Gasteiger charge is -2.07. The number of nitrogens with one attached hydrogen (secondary N) is 1. The van der Waals surface area contributed by atoms with E-state index in [4.69, 9.17) is 4.42 Å². The maximum Gasteiger partial charge on any atom is 0.251 e. The summed E-state index contributed by atoms with van der Waals surface area (Å²) in [6.07, 6.45) is 0. The topological polar surface area (TPSA) is 59.3 Å². The Labute approximate surface area is 162 Å². The average Bonchev–Trinajstić information content (AvgIpc) is 2.73. The molecule has 4 heteroatoms. The third-order valence-corrected chi connectivity index (χ3v) is 4.61. The Morgan fingerprint density at radius 3 is 2.43 bits per heavy atom. The van der Waals surface area contributed by atoms with Crippen molar-refractivity contribution in [2.24, 2.45) is 0 Å². The maximum absolute atomic E-state index is 12.4. The van der Waals surface area contributed by atoms with E-state index in [1.807, 2.05) is 49.4 Å². The molecular formula is C24H19NO3. The molecule has 0 spiro atoms. The Morgan fingerprint density at radius 1 is 0.929 bits per heavy atom. The molecule has 0 aliphatic heterocycles. The van der Waals surface area contributed by atoms with Crippen LogP contribution in [0, 0.1) is 6.92 Å². The summed E-state index contributed by atoms with van der Waals surface area (Å²) in [4.78, 5) is 24.7. The zero-order chi connectivity index (χ0) is 19.5. The van der Waals surface area contributed by atoms with E-state index in [9.17, 15) is 9.59 Å². The van der Waals surface area contributed by atoms with E-state index in [1.54, 1.807) is 30.3 Å². The molecule has 0 fully saturated rings. The second kappa shape index (κ2) is 7.53. The smallest absolute Gasteiger partial charge is 0.251 e. The van der Waals surface area contributed by atoms with Gasteiger partial charge in [-0.05, 0) is 36.8 Å². The van der Waals surface area contributed by atoms with Crippen molar-refractivity contribution in [3.63, 3.8) is 0 Å². The summed E-state index contributed by atoms with van der Waals surface area (Å²) in [7, 11) is 0. The van der Waals surface area contributed by atoms with Gasteiger partial charge in [0.15, 0.2) is 5.43 Å². The molecule has 1 N–H and O–H groups in total. The predicted octanol–water partition coefficient (Wildman–Crippen LogP) is 4.70. The van der Waals surface area contributed by atoms with Gasteiger partial charge < -0.3 is 9.73 Å². The van der Waals surface area contributed by atoms with Gasteiger partial charge in [-0.2, -0.15) is 0 Å². The molecule has 0 unspecified atom stereocenters. The normalized spacial score (nSPS) is 10.8. The van der Waals surface area contributed by atoms with E-state index >= 15 is 0 Å². The average molecular weight is 369 g/mol. The number of hydrogen-bond donors (Lipinski definition) is 1. The quantitative estimate of drug-likeness (QED) is 0.567. The van der Waals surface area contributed by atoms with Crippen LogP contribution in [0.3, 0.4) is 0 Å². The van der Waals surface area contributed by atoms with Crippen LogP contribution in [-0.2, 0) is 6.54 Å². The number of fused-ring (bicyclic) bond motifs is 1. The van der Waals surface area contributed by atoms with Gasteiger partial charge in [-0.25, -0.2) is 0 Å². The second-order valence-corrected chi connectivity index (χ2v) is 6.72. The Bertz CT molecular complexity index is 1190. The van der Waals surface area contributed by atoms with Crippen LogP contribution < -0.4 is 10.7 Å². The molecule has 0 bridgehead atoms. The molecule has 0 radical (unpaired) electrons. The van der Waals surface area contributed by atoms with Gasteiger partial charge in [0.2, 0.25) is 0 Å². The first-order valence-electron chi connectivity index (χ1n) is 9.07. The molecule has 0 saturated carbocycles. The highest BCUT2D eigenvalue weighted by molar-refractivity contribution is 5.94. The SMILES string of the molecule is Cc1ccc2oc(-c3ccc(C(=O)NCc4ccccc4)cc3)cc(=O)c2c1. The van der Waals surface area contributed by atoms with E-state index in [2.05, 4.69) is 5.32 Å². The molecular weight excluding hydrogens is 350 g/mol. The first-order valence-corrected chi connectivity index (χ1v) is 9.07. The fourth-order valence-electron chi connectivity index (χ4n) is 3.08. The minimum Gasteiger partial charge on any atom is -0.456 e. The Balaban J connectivity index is 1.54. The molecule has 4 rings (SSSR count). The standard InChI is InChI=1S/C24H19NO3/c1-16-7-12-22-20(13-16)21(26)14-23(28-22)18-8-10-19(11-9-18)24(27)25-15-17-5-3-2-4-6-17/h2-14H,15H2,1H3,(H,25,27). The molecule has 4 aromatic rings. The van der Waals surface area contributed by atoms with Gasteiger partial charge in [-0.3, -0.25) is 9.59 Å². The minimum absolute atomic E-state index is 0.0790. The van der Waals surface area contributed by atoms with Gasteiger partial charge in [0, 0.05) is 23.7 Å². The summed E-state index contributed by atoms with van der Waals surface area (Å²) < 4.78 is 5.89. The Hall–Kier alpha value is -3.66. The summed E-state index contributed by atoms with van der Waals surface area (Å²) in [5, 5.41) is 3.47. The van der Waals surface area contributed by atoms with Crippen LogP contribution in [-0.4, -0.2) is 5.91 Å². The summed E-state index contributed by atoms with van der Waals surface area (Å²) in [5.41, 5.74) is 3.83. The first-order chi connectivity index (χ1) is 13.6. The van der Waals surface area contributed by atoms with E-state index in [0.717, 1.165) is 16.7 Å². The van der Waals surface area contributed by atoms with Crippen molar-refractivity contribution in [1.82, 2.24) is 5.32 Å². The van der Waals surface area contributed by atoms with Crippen molar-refractivity contribution in [2.75, 3.05) is 0 Å². The lowest BCUT2D eigenvalue weighted by atomic mass is 10.1. The van der Waals surface area contributed by atoms with Crippen LogP contribution >= 0.6 is 0 Å². The van der Waals surface area contributed by atoms with E-state index in [1.165, 1.54) is 6.07 Å². The van der Waals surface area contributed by atoms with Crippen LogP contribution in [0.2, 0.25) is 0 Å². The molecule has 1 heterocycles. The van der Waals surface area contributed by atoms with Gasteiger partial charge in [-0.1, -0.05) is 54.1 Å². The number of carbonyl (C=O) groups is 1. The maximum atomic E-state index is 12.4. The van der Waals surface area contributed by atoms with Crippen molar-refractivity contribution in [2.45, 2.75) is 13.5 Å². The molecule has 4 nitrogen and oxygen atoms in total. The zero-order valence-electron chi connectivity index (χ0n) is 15.4. The lowest BCUT2D eigenvalue weighted by Crippen LogP contribution is -2.22. The number of carbonyl (C=O) groups excluding carboxylic acids is 1. The van der Waals surface area contributed by atoms with Crippen molar-refractivity contribution >= 4 is 16.9 Å².